The van der Waals surface area contributed by atoms with E-state index in [2.05, 4.69) is 140 Å². The molecule has 2 heteroatoms. The zero-order chi connectivity index (χ0) is 30.2. The maximum atomic E-state index is 6.44. The Hall–Kier alpha value is -6.12. The van der Waals surface area contributed by atoms with Crippen LogP contribution in [0.5, 0.6) is 0 Å². The lowest BCUT2D eigenvalue weighted by Crippen LogP contribution is -1.91. The van der Waals surface area contributed by atoms with Gasteiger partial charge in [-0.15, -0.1) is 0 Å². The number of para-hydroxylation sites is 1. The third kappa shape index (κ3) is 3.71. The van der Waals surface area contributed by atoms with Gasteiger partial charge in [0.05, 0.1) is 0 Å². The smallest absolute Gasteiger partial charge is 0.139 e. The average Bonchev–Trinajstić information content (AvgIpc) is 3.66. The molecular formula is C44H26O2. The van der Waals surface area contributed by atoms with E-state index in [0.717, 1.165) is 55.0 Å². The number of fused-ring (bicyclic) bond motifs is 8. The molecule has 0 aliphatic rings. The summed E-state index contributed by atoms with van der Waals surface area (Å²) in [5, 5.41) is 9.47. The van der Waals surface area contributed by atoms with E-state index >= 15 is 0 Å². The SMILES string of the molecule is c1ccc(-c2c3ccccc3c(-c3cccc(-c4ccc5c(c4)oc4cc6oc7ccccc7c6cc45)c3)c3ccccc23)cc1. The summed E-state index contributed by atoms with van der Waals surface area (Å²) < 4.78 is 12.6. The van der Waals surface area contributed by atoms with Crippen molar-refractivity contribution in [3.63, 3.8) is 0 Å². The summed E-state index contributed by atoms with van der Waals surface area (Å²) in [5.41, 5.74) is 10.7. The minimum absolute atomic E-state index is 0.837. The normalized spacial score (nSPS) is 11.9. The second kappa shape index (κ2) is 9.69. The summed E-state index contributed by atoms with van der Waals surface area (Å²) in [7, 11) is 0. The Bertz CT molecular complexity index is 2740. The van der Waals surface area contributed by atoms with Crippen molar-refractivity contribution in [2.75, 3.05) is 0 Å². The van der Waals surface area contributed by atoms with Gasteiger partial charge in [-0.3, -0.25) is 0 Å². The molecule has 0 amide bonds. The van der Waals surface area contributed by atoms with Gasteiger partial charge in [-0.25, -0.2) is 0 Å². The van der Waals surface area contributed by atoms with Crippen LogP contribution in [0.4, 0.5) is 0 Å². The topological polar surface area (TPSA) is 26.3 Å². The van der Waals surface area contributed by atoms with E-state index in [-0.39, 0.29) is 0 Å². The van der Waals surface area contributed by atoms with Crippen molar-refractivity contribution < 1.29 is 8.83 Å². The van der Waals surface area contributed by atoms with Crippen LogP contribution in [0.2, 0.25) is 0 Å². The fraction of sp³-hybridized carbons (Fsp3) is 0. The first-order valence-corrected chi connectivity index (χ1v) is 15.7. The number of hydrogen-bond acceptors (Lipinski definition) is 2. The van der Waals surface area contributed by atoms with Crippen molar-refractivity contribution in [1.29, 1.82) is 0 Å². The molecule has 0 aliphatic heterocycles. The van der Waals surface area contributed by atoms with E-state index < -0.39 is 0 Å². The summed E-state index contributed by atoms with van der Waals surface area (Å²) >= 11 is 0. The predicted molar refractivity (Wildman–Crippen MR) is 192 cm³/mol. The van der Waals surface area contributed by atoms with Gasteiger partial charge < -0.3 is 8.83 Å². The van der Waals surface area contributed by atoms with Crippen molar-refractivity contribution in [2.45, 2.75) is 0 Å². The molecular weight excluding hydrogens is 560 g/mol. The van der Waals surface area contributed by atoms with Crippen molar-refractivity contribution in [2.24, 2.45) is 0 Å². The molecule has 0 aliphatic carbocycles. The van der Waals surface area contributed by atoms with Crippen LogP contribution in [0.3, 0.4) is 0 Å². The average molecular weight is 587 g/mol. The van der Waals surface area contributed by atoms with Gasteiger partial charge in [-0.1, -0.05) is 121 Å². The Labute approximate surface area is 264 Å². The van der Waals surface area contributed by atoms with Gasteiger partial charge in [0.25, 0.3) is 0 Å². The molecule has 0 saturated carbocycles. The van der Waals surface area contributed by atoms with Crippen molar-refractivity contribution in [1.82, 2.24) is 0 Å². The molecule has 10 rings (SSSR count). The maximum Gasteiger partial charge on any atom is 0.139 e. The number of hydrogen-bond donors (Lipinski definition) is 0. The molecule has 0 spiro atoms. The van der Waals surface area contributed by atoms with E-state index in [1.807, 2.05) is 18.2 Å². The first-order valence-electron chi connectivity index (χ1n) is 15.7. The molecule has 0 fully saturated rings. The Morgan fingerprint density at radius 2 is 0.717 bits per heavy atom. The molecule has 214 valence electrons. The monoisotopic (exact) mass is 586 g/mol. The number of rotatable bonds is 3. The Morgan fingerprint density at radius 1 is 0.239 bits per heavy atom. The number of benzene rings is 8. The van der Waals surface area contributed by atoms with E-state index in [0.29, 0.717) is 0 Å². The van der Waals surface area contributed by atoms with E-state index in [1.165, 1.54) is 43.8 Å². The molecule has 0 atom stereocenters. The van der Waals surface area contributed by atoms with E-state index in [1.54, 1.807) is 0 Å². The van der Waals surface area contributed by atoms with Crippen molar-refractivity contribution in [3.05, 3.63) is 158 Å². The zero-order valence-electron chi connectivity index (χ0n) is 24.8. The summed E-state index contributed by atoms with van der Waals surface area (Å²) in [4.78, 5) is 0. The van der Waals surface area contributed by atoms with Crippen LogP contribution >= 0.6 is 0 Å². The second-order valence-electron chi connectivity index (χ2n) is 12.0. The van der Waals surface area contributed by atoms with Gasteiger partial charge >= 0.3 is 0 Å². The fourth-order valence-electron chi connectivity index (χ4n) is 7.38. The lowest BCUT2D eigenvalue weighted by Gasteiger charge is -2.18. The van der Waals surface area contributed by atoms with Crippen molar-refractivity contribution in [3.8, 4) is 33.4 Å². The third-order valence-corrected chi connectivity index (χ3v) is 9.45. The molecule has 2 aromatic heterocycles. The van der Waals surface area contributed by atoms with Crippen LogP contribution in [0.1, 0.15) is 0 Å². The molecule has 2 heterocycles. The van der Waals surface area contributed by atoms with Crippen molar-refractivity contribution >= 4 is 65.4 Å². The lowest BCUT2D eigenvalue weighted by molar-refractivity contribution is 0.656. The summed E-state index contributed by atoms with van der Waals surface area (Å²) in [6.07, 6.45) is 0. The minimum Gasteiger partial charge on any atom is -0.456 e. The van der Waals surface area contributed by atoms with Gasteiger partial charge in [0.15, 0.2) is 0 Å². The van der Waals surface area contributed by atoms with Gasteiger partial charge in [-0.2, -0.15) is 0 Å². The molecule has 2 nitrogen and oxygen atoms in total. The predicted octanol–water partition coefficient (Wildman–Crippen LogP) is 12.8. The molecule has 0 bridgehead atoms. The molecule has 46 heavy (non-hydrogen) atoms. The second-order valence-corrected chi connectivity index (χ2v) is 12.0. The zero-order valence-corrected chi connectivity index (χ0v) is 24.8. The molecule has 0 unspecified atom stereocenters. The summed E-state index contributed by atoms with van der Waals surface area (Å²) in [6, 6.07) is 56.3. The first kappa shape index (κ1) is 25.2. The molecule has 0 N–H and O–H groups in total. The maximum absolute atomic E-state index is 6.44. The Balaban J connectivity index is 1.15. The quantitative estimate of drug-likeness (QED) is 0.193. The van der Waals surface area contributed by atoms with Gasteiger partial charge in [0.1, 0.15) is 22.3 Å². The van der Waals surface area contributed by atoms with E-state index in [9.17, 15) is 0 Å². The largest absolute Gasteiger partial charge is 0.456 e. The van der Waals surface area contributed by atoms with Gasteiger partial charge in [0.2, 0.25) is 0 Å². The minimum atomic E-state index is 0.837. The van der Waals surface area contributed by atoms with Crippen LogP contribution in [0, 0.1) is 0 Å². The molecule has 0 radical (unpaired) electrons. The van der Waals surface area contributed by atoms with E-state index in [4.69, 9.17) is 8.83 Å². The molecule has 8 aromatic carbocycles. The lowest BCUT2D eigenvalue weighted by atomic mass is 9.85. The first-order chi connectivity index (χ1) is 22.8. The number of furan rings is 2. The highest BCUT2D eigenvalue weighted by atomic mass is 16.3. The van der Waals surface area contributed by atoms with Crippen LogP contribution in [-0.4, -0.2) is 0 Å². The third-order valence-electron chi connectivity index (χ3n) is 9.45. The van der Waals surface area contributed by atoms with Gasteiger partial charge in [0, 0.05) is 27.6 Å². The Kier molecular flexibility index (Phi) is 5.31. The molecule has 10 aromatic rings. The van der Waals surface area contributed by atoms with Gasteiger partial charge in [-0.05, 0) is 85.3 Å². The van der Waals surface area contributed by atoms with Crippen LogP contribution in [-0.2, 0) is 0 Å². The standard InChI is InChI=1S/C44H26O2/c1-2-11-27(12-3-1)43-33-16-4-6-18-35(33)44(36-19-7-5-17-34(36)43)30-14-10-13-28(23-30)29-21-22-32-38-25-37-31-15-8-9-20-39(31)45-41(37)26-42(38)46-40(32)24-29/h1-26H. The molecule has 0 saturated heterocycles. The van der Waals surface area contributed by atoms with Crippen LogP contribution in [0.15, 0.2) is 167 Å². The summed E-state index contributed by atoms with van der Waals surface area (Å²) in [5.74, 6) is 0. The van der Waals surface area contributed by atoms with Crippen LogP contribution in [0.25, 0.3) is 98.8 Å². The Morgan fingerprint density at radius 3 is 1.41 bits per heavy atom. The highest BCUT2D eigenvalue weighted by Crippen LogP contribution is 2.44. The highest BCUT2D eigenvalue weighted by molar-refractivity contribution is 6.21. The van der Waals surface area contributed by atoms with Crippen LogP contribution < -0.4 is 0 Å². The summed E-state index contributed by atoms with van der Waals surface area (Å²) in [6.45, 7) is 0. The highest BCUT2D eigenvalue weighted by Gasteiger charge is 2.18. The fourth-order valence-corrected chi connectivity index (χ4v) is 7.38.